The quantitative estimate of drug-likeness (QED) is 0.443. The summed E-state index contributed by atoms with van der Waals surface area (Å²) in [7, 11) is 1.42. The lowest BCUT2D eigenvalue weighted by molar-refractivity contribution is -0.385. The van der Waals surface area contributed by atoms with Crippen LogP contribution in [0.2, 0.25) is 0 Å². The van der Waals surface area contributed by atoms with Crippen LogP contribution in [0.15, 0.2) is 18.2 Å². The summed E-state index contributed by atoms with van der Waals surface area (Å²) >= 11 is 5.57. The normalized spacial score (nSPS) is 10.0. The van der Waals surface area contributed by atoms with Crippen molar-refractivity contribution in [1.29, 1.82) is 0 Å². The van der Waals surface area contributed by atoms with Gasteiger partial charge in [0, 0.05) is 11.9 Å². The van der Waals surface area contributed by atoms with Crippen molar-refractivity contribution >= 4 is 17.3 Å². The van der Waals surface area contributed by atoms with Gasteiger partial charge in [-0.3, -0.25) is 10.1 Å². The molecule has 0 radical (unpaired) electrons. The molecule has 1 aromatic rings. The predicted octanol–water partition coefficient (Wildman–Crippen LogP) is 2.77. The van der Waals surface area contributed by atoms with Gasteiger partial charge in [-0.05, 0) is 24.5 Å². The molecule has 0 aromatic heterocycles. The number of nitrogens with zero attached hydrogens (tertiary/aromatic N) is 1. The van der Waals surface area contributed by atoms with E-state index in [9.17, 15) is 10.1 Å². The number of hydrogen-bond donors (Lipinski definition) is 0. The van der Waals surface area contributed by atoms with Crippen LogP contribution in [0.5, 0.6) is 5.75 Å². The maximum absolute atomic E-state index is 10.6. The molecular formula is C10H12ClNO3. The van der Waals surface area contributed by atoms with Crippen molar-refractivity contribution < 1.29 is 9.66 Å². The Bertz CT molecular complexity index is 355. The molecule has 0 saturated carbocycles. The van der Waals surface area contributed by atoms with Crippen LogP contribution in [0, 0.1) is 10.1 Å². The highest BCUT2D eigenvalue weighted by Crippen LogP contribution is 2.27. The van der Waals surface area contributed by atoms with Gasteiger partial charge in [-0.25, -0.2) is 0 Å². The highest BCUT2D eigenvalue weighted by molar-refractivity contribution is 6.17. The molecule has 0 fully saturated rings. The lowest BCUT2D eigenvalue weighted by atomic mass is 10.1. The summed E-state index contributed by atoms with van der Waals surface area (Å²) in [5, 5.41) is 10.6. The van der Waals surface area contributed by atoms with E-state index in [2.05, 4.69) is 0 Å². The fraction of sp³-hybridized carbons (Fsp3) is 0.400. The van der Waals surface area contributed by atoms with Crippen molar-refractivity contribution in [2.24, 2.45) is 0 Å². The Balaban J connectivity index is 2.92. The second-order valence-corrected chi connectivity index (χ2v) is 3.43. The van der Waals surface area contributed by atoms with Gasteiger partial charge in [0.25, 0.3) is 0 Å². The highest BCUT2D eigenvalue weighted by atomic mass is 35.5. The highest BCUT2D eigenvalue weighted by Gasteiger charge is 2.14. The summed E-state index contributed by atoms with van der Waals surface area (Å²) in [6, 6.07) is 4.88. The maximum atomic E-state index is 10.6. The van der Waals surface area contributed by atoms with Crippen molar-refractivity contribution in [1.82, 2.24) is 0 Å². The van der Waals surface area contributed by atoms with Crippen molar-refractivity contribution in [2.45, 2.75) is 12.8 Å². The molecule has 0 spiro atoms. The van der Waals surface area contributed by atoms with Crippen LogP contribution in [-0.4, -0.2) is 17.9 Å². The molecule has 0 aliphatic carbocycles. The summed E-state index contributed by atoms with van der Waals surface area (Å²) in [5.74, 6) is 0.881. The fourth-order valence-corrected chi connectivity index (χ4v) is 1.43. The Morgan fingerprint density at radius 1 is 1.53 bits per heavy atom. The van der Waals surface area contributed by atoms with Crippen LogP contribution in [0.1, 0.15) is 12.0 Å². The van der Waals surface area contributed by atoms with E-state index in [1.54, 1.807) is 12.1 Å². The van der Waals surface area contributed by atoms with Gasteiger partial charge < -0.3 is 4.74 Å². The summed E-state index contributed by atoms with van der Waals surface area (Å²) < 4.78 is 4.95. The first kappa shape index (κ1) is 11.8. The minimum absolute atomic E-state index is 0.00729. The van der Waals surface area contributed by atoms with Crippen LogP contribution in [0.25, 0.3) is 0 Å². The van der Waals surface area contributed by atoms with Gasteiger partial charge in [-0.15, -0.1) is 11.6 Å². The van der Waals surface area contributed by atoms with E-state index >= 15 is 0 Å². The second-order valence-electron chi connectivity index (χ2n) is 3.06. The topological polar surface area (TPSA) is 52.4 Å². The zero-order valence-electron chi connectivity index (χ0n) is 8.40. The number of rotatable bonds is 5. The minimum Gasteiger partial charge on any atom is -0.490 e. The first-order valence-electron chi connectivity index (χ1n) is 4.56. The third-order valence-corrected chi connectivity index (χ3v) is 2.31. The predicted molar refractivity (Wildman–Crippen MR) is 58.7 cm³/mol. The number of aryl methyl sites for hydroxylation is 1. The lowest BCUT2D eigenvalue weighted by Gasteiger charge is -2.04. The smallest absolute Gasteiger partial charge is 0.310 e. The molecule has 0 unspecified atom stereocenters. The number of benzene rings is 1. The second kappa shape index (κ2) is 5.56. The Kier molecular flexibility index (Phi) is 4.37. The van der Waals surface area contributed by atoms with Gasteiger partial charge in [-0.1, -0.05) is 6.07 Å². The third-order valence-electron chi connectivity index (χ3n) is 2.04. The van der Waals surface area contributed by atoms with Gasteiger partial charge >= 0.3 is 5.69 Å². The summed E-state index contributed by atoms with van der Waals surface area (Å²) in [6.45, 7) is 0. The van der Waals surface area contributed by atoms with Crippen LogP contribution in [-0.2, 0) is 6.42 Å². The maximum Gasteiger partial charge on any atom is 0.310 e. The van der Waals surface area contributed by atoms with Crippen molar-refractivity contribution in [3.8, 4) is 5.75 Å². The summed E-state index contributed by atoms with van der Waals surface area (Å²) in [4.78, 5) is 10.2. The molecule has 15 heavy (non-hydrogen) atoms. The number of hydrogen-bond acceptors (Lipinski definition) is 3. The van der Waals surface area contributed by atoms with Crippen LogP contribution in [0.4, 0.5) is 5.69 Å². The monoisotopic (exact) mass is 229 g/mol. The van der Waals surface area contributed by atoms with Gasteiger partial charge in [0.2, 0.25) is 0 Å². The van der Waals surface area contributed by atoms with Gasteiger partial charge in [0.05, 0.1) is 12.0 Å². The van der Waals surface area contributed by atoms with E-state index in [-0.39, 0.29) is 5.69 Å². The Morgan fingerprint density at radius 2 is 2.27 bits per heavy atom. The standard InChI is InChI=1S/C10H12ClNO3/c1-15-10-7-8(3-2-6-11)4-5-9(10)12(13)14/h4-5,7H,2-3,6H2,1H3. The molecule has 0 atom stereocenters. The molecular weight excluding hydrogens is 218 g/mol. The number of nitro benzene ring substituents is 1. The molecule has 0 heterocycles. The Morgan fingerprint density at radius 3 is 2.80 bits per heavy atom. The molecule has 0 saturated heterocycles. The number of alkyl halides is 1. The SMILES string of the molecule is COc1cc(CCCCl)ccc1[N+](=O)[O-]. The Hall–Kier alpha value is -1.29. The molecule has 0 aliphatic rings. The average molecular weight is 230 g/mol. The molecule has 0 aliphatic heterocycles. The molecule has 1 aromatic carbocycles. The van der Waals surface area contributed by atoms with E-state index in [0.29, 0.717) is 11.6 Å². The third kappa shape index (κ3) is 3.09. The molecule has 1 rings (SSSR count). The van der Waals surface area contributed by atoms with E-state index in [4.69, 9.17) is 16.3 Å². The fourth-order valence-electron chi connectivity index (χ4n) is 1.30. The first-order valence-corrected chi connectivity index (χ1v) is 5.09. The minimum atomic E-state index is -0.454. The lowest BCUT2D eigenvalue weighted by Crippen LogP contribution is -1.95. The van der Waals surface area contributed by atoms with E-state index < -0.39 is 4.92 Å². The zero-order valence-corrected chi connectivity index (χ0v) is 9.16. The average Bonchev–Trinajstić information content (AvgIpc) is 2.25. The van der Waals surface area contributed by atoms with E-state index in [1.165, 1.54) is 13.2 Å². The summed E-state index contributed by atoms with van der Waals surface area (Å²) in [5.41, 5.74) is 0.991. The number of halogens is 1. The van der Waals surface area contributed by atoms with Crippen LogP contribution in [0.3, 0.4) is 0 Å². The zero-order chi connectivity index (χ0) is 11.3. The van der Waals surface area contributed by atoms with Gasteiger partial charge in [-0.2, -0.15) is 0 Å². The molecule has 5 heteroatoms. The van der Waals surface area contributed by atoms with Gasteiger partial charge in [0.1, 0.15) is 0 Å². The van der Waals surface area contributed by atoms with Crippen molar-refractivity contribution in [3.63, 3.8) is 0 Å². The van der Waals surface area contributed by atoms with Crippen molar-refractivity contribution in [3.05, 3.63) is 33.9 Å². The molecule has 82 valence electrons. The van der Waals surface area contributed by atoms with E-state index in [0.717, 1.165) is 18.4 Å². The molecule has 0 bridgehead atoms. The molecule has 0 N–H and O–H groups in total. The molecule has 4 nitrogen and oxygen atoms in total. The number of ether oxygens (including phenoxy) is 1. The largest absolute Gasteiger partial charge is 0.490 e. The first-order chi connectivity index (χ1) is 7.19. The van der Waals surface area contributed by atoms with Crippen molar-refractivity contribution in [2.75, 3.05) is 13.0 Å². The Labute approximate surface area is 93.0 Å². The van der Waals surface area contributed by atoms with E-state index in [1.807, 2.05) is 0 Å². The van der Waals surface area contributed by atoms with Crippen LogP contribution < -0.4 is 4.74 Å². The van der Waals surface area contributed by atoms with Crippen LogP contribution >= 0.6 is 11.6 Å². The molecule has 0 amide bonds. The summed E-state index contributed by atoms with van der Waals surface area (Å²) in [6.07, 6.45) is 1.65. The number of methoxy groups -OCH3 is 1. The van der Waals surface area contributed by atoms with Gasteiger partial charge in [0.15, 0.2) is 5.75 Å². The number of nitro groups is 1.